The Morgan fingerprint density at radius 3 is 2.85 bits per heavy atom. The van der Waals surface area contributed by atoms with E-state index in [1.54, 1.807) is 0 Å². The Morgan fingerprint density at radius 1 is 1.30 bits per heavy atom. The van der Waals surface area contributed by atoms with Crippen molar-refractivity contribution in [3.8, 4) is 0 Å². The lowest BCUT2D eigenvalue weighted by atomic mass is 9.84. The van der Waals surface area contributed by atoms with Crippen LogP contribution in [0.3, 0.4) is 0 Å². The zero-order valence-electron chi connectivity index (χ0n) is 11.4. The van der Waals surface area contributed by atoms with Gasteiger partial charge in [-0.3, -0.25) is 4.79 Å². The minimum absolute atomic E-state index is 0.0543. The predicted octanol–water partition coefficient (Wildman–Crippen LogP) is 2.71. The van der Waals surface area contributed by atoms with E-state index in [1.165, 1.54) is 18.4 Å². The summed E-state index contributed by atoms with van der Waals surface area (Å²) in [6.07, 6.45) is 4.53. The van der Waals surface area contributed by atoms with Gasteiger partial charge in [0.1, 0.15) is 0 Å². The van der Waals surface area contributed by atoms with E-state index in [0.29, 0.717) is 11.8 Å². The van der Waals surface area contributed by atoms with E-state index in [1.807, 2.05) is 4.90 Å². The third-order valence-corrected chi connectivity index (χ3v) is 5.97. The molecular weight excluding hydrogens is 316 g/mol. The number of nitrogens with two attached hydrogens (primary N) is 1. The standard InChI is InChI=1S/C16H19BrN2O/c17-12-4-3-9-5-6-19(13(9)8-12)16(20)14-10-1-2-11(7-10)15(14)18/h3-4,8,10-11,14-15H,1-2,5-7,18H2. The van der Waals surface area contributed by atoms with Crippen LogP contribution in [0.15, 0.2) is 22.7 Å². The fourth-order valence-electron chi connectivity index (χ4n) is 4.46. The zero-order valence-corrected chi connectivity index (χ0v) is 13.0. The maximum Gasteiger partial charge on any atom is 0.231 e. The number of nitrogens with zero attached hydrogens (tertiary/aromatic N) is 1. The molecular formula is C16H19BrN2O. The van der Waals surface area contributed by atoms with Crippen molar-refractivity contribution in [3.05, 3.63) is 28.2 Å². The summed E-state index contributed by atoms with van der Waals surface area (Å²) >= 11 is 3.51. The van der Waals surface area contributed by atoms with Gasteiger partial charge in [-0.1, -0.05) is 22.0 Å². The number of hydrogen-bond acceptors (Lipinski definition) is 2. The van der Waals surface area contributed by atoms with E-state index >= 15 is 0 Å². The first-order chi connectivity index (χ1) is 9.65. The van der Waals surface area contributed by atoms with Gasteiger partial charge in [-0.25, -0.2) is 0 Å². The van der Waals surface area contributed by atoms with Crippen molar-refractivity contribution < 1.29 is 4.79 Å². The molecule has 1 aromatic carbocycles. The smallest absolute Gasteiger partial charge is 0.231 e. The molecule has 0 aromatic heterocycles. The maximum atomic E-state index is 13.0. The molecule has 2 bridgehead atoms. The molecule has 4 unspecified atom stereocenters. The van der Waals surface area contributed by atoms with Crippen LogP contribution in [0, 0.1) is 17.8 Å². The lowest BCUT2D eigenvalue weighted by Crippen LogP contribution is -2.46. The van der Waals surface area contributed by atoms with Crippen molar-refractivity contribution in [1.29, 1.82) is 0 Å². The summed E-state index contributed by atoms with van der Waals surface area (Å²) in [6.45, 7) is 0.811. The number of hydrogen-bond donors (Lipinski definition) is 1. The molecule has 4 atom stereocenters. The first-order valence-corrected chi connectivity index (χ1v) is 8.30. The number of rotatable bonds is 1. The van der Waals surface area contributed by atoms with Crippen molar-refractivity contribution in [3.63, 3.8) is 0 Å². The van der Waals surface area contributed by atoms with Crippen molar-refractivity contribution in [2.45, 2.75) is 31.7 Å². The van der Waals surface area contributed by atoms with E-state index in [2.05, 4.69) is 34.1 Å². The average Bonchev–Trinajstić information content (AvgIpc) is 3.10. The summed E-state index contributed by atoms with van der Waals surface area (Å²) in [4.78, 5) is 14.9. The van der Waals surface area contributed by atoms with Gasteiger partial charge in [-0.05, 0) is 55.2 Å². The van der Waals surface area contributed by atoms with Crippen LogP contribution >= 0.6 is 15.9 Å². The lowest BCUT2D eigenvalue weighted by Gasteiger charge is -2.31. The third kappa shape index (κ3) is 1.77. The summed E-state index contributed by atoms with van der Waals surface area (Å²) in [5.74, 6) is 1.43. The van der Waals surface area contributed by atoms with Crippen LogP contribution in [0.5, 0.6) is 0 Å². The van der Waals surface area contributed by atoms with Gasteiger partial charge in [0.2, 0.25) is 5.91 Å². The van der Waals surface area contributed by atoms with Crippen LogP contribution in [0.2, 0.25) is 0 Å². The summed E-state index contributed by atoms with van der Waals surface area (Å²) in [7, 11) is 0. The van der Waals surface area contributed by atoms with Gasteiger partial charge in [0.05, 0.1) is 5.92 Å². The van der Waals surface area contributed by atoms with E-state index in [-0.39, 0.29) is 17.9 Å². The SMILES string of the molecule is NC1C2CCC(C2)C1C(=O)N1CCc2ccc(Br)cc21. The van der Waals surface area contributed by atoms with Crippen molar-refractivity contribution >= 4 is 27.5 Å². The number of amides is 1. The highest BCUT2D eigenvalue weighted by Gasteiger charge is 2.50. The van der Waals surface area contributed by atoms with E-state index < -0.39 is 0 Å². The number of carbonyl (C=O) groups is 1. The van der Waals surface area contributed by atoms with Crippen LogP contribution in [-0.4, -0.2) is 18.5 Å². The summed E-state index contributed by atoms with van der Waals surface area (Å²) in [5.41, 5.74) is 8.68. The molecule has 0 spiro atoms. The molecule has 2 saturated carbocycles. The molecule has 1 amide bonds. The molecule has 0 saturated heterocycles. The number of benzene rings is 1. The molecule has 2 aliphatic carbocycles. The van der Waals surface area contributed by atoms with Gasteiger partial charge in [0, 0.05) is 22.7 Å². The third-order valence-electron chi connectivity index (χ3n) is 5.47. The first-order valence-electron chi connectivity index (χ1n) is 7.50. The van der Waals surface area contributed by atoms with Crippen LogP contribution in [-0.2, 0) is 11.2 Å². The van der Waals surface area contributed by atoms with E-state index in [9.17, 15) is 4.79 Å². The lowest BCUT2D eigenvalue weighted by molar-refractivity contribution is -0.124. The molecule has 4 heteroatoms. The molecule has 4 rings (SSSR count). The summed E-state index contributed by atoms with van der Waals surface area (Å²) < 4.78 is 1.04. The Hall–Kier alpha value is -0.870. The first kappa shape index (κ1) is 12.8. The van der Waals surface area contributed by atoms with Gasteiger partial charge in [-0.15, -0.1) is 0 Å². The second kappa shape index (κ2) is 4.57. The normalized spacial score (nSPS) is 34.6. The second-order valence-corrected chi connectivity index (χ2v) is 7.36. The number of anilines is 1. The minimum atomic E-state index is 0.0543. The molecule has 3 nitrogen and oxygen atoms in total. The fraction of sp³-hybridized carbons (Fsp3) is 0.562. The van der Waals surface area contributed by atoms with E-state index in [0.717, 1.165) is 29.5 Å². The Kier molecular flexibility index (Phi) is 2.93. The van der Waals surface area contributed by atoms with Crippen LogP contribution < -0.4 is 10.6 Å². The number of fused-ring (bicyclic) bond motifs is 3. The van der Waals surface area contributed by atoms with Gasteiger partial charge in [0.25, 0.3) is 0 Å². The van der Waals surface area contributed by atoms with Gasteiger partial charge >= 0.3 is 0 Å². The van der Waals surface area contributed by atoms with Crippen molar-refractivity contribution in [2.24, 2.45) is 23.5 Å². The van der Waals surface area contributed by atoms with Crippen LogP contribution in [0.25, 0.3) is 0 Å². The van der Waals surface area contributed by atoms with Crippen molar-refractivity contribution in [1.82, 2.24) is 0 Å². The molecule has 20 heavy (non-hydrogen) atoms. The Bertz CT molecular complexity index is 572. The van der Waals surface area contributed by atoms with Crippen LogP contribution in [0.4, 0.5) is 5.69 Å². The van der Waals surface area contributed by atoms with Gasteiger partial charge < -0.3 is 10.6 Å². The Balaban J connectivity index is 1.64. The highest BCUT2D eigenvalue weighted by molar-refractivity contribution is 9.10. The Morgan fingerprint density at radius 2 is 2.10 bits per heavy atom. The number of halogens is 1. The van der Waals surface area contributed by atoms with E-state index in [4.69, 9.17) is 5.73 Å². The fourth-order valence-corrected chi connectivity index (χ4v) is 4.81. The molecule has 1 heterocycles. The quantitative estimate of drug-likeness (QED) is 0.858. The molecule has 2 N–H and O–H groups in total. The Labute approximate surface area is 127 Å². The zero-order chi connectivity index (χ0) is 13.9. The predicted molar refractivity (Wildman–Crippen MR) is 82.5 cm³/mol. The van der Waals surface area contributed by atoms with Gasteiger partial charge in [-0.2, -0.15) is 0 Å². The monoisotopic (exact) mass is 334 g/mol. The summed E-state index contributed by atoms with van der Waals surface area (Å²) in [6, 6.07) is 6.32. The summed E-state index contributed by atoms with van der Waals surface area (Å²) in [5, 5.41) is 0. The van der Waals surface area contributed by atoms with Crippen molar-refractivity contribution in [2.75, 3.05) is 11.4 Å². The van der Waals surface area contributed by atoms with Gasteiger partial charge in [0.15, 0.2) is 0 Å². The average molecular weight is 335 g/mol. The van der Waals surface area contributed by atoms with Crippen LogP contribution in [0.1, 0.15) is 24.8 Å². The molecule has 1 aromatic rings. The minimum Gasteiger partial charge on any atom is -0.327 e. The molecule has 2 fully saturated rings. The highest BCUT2D eigenvalue weighted by Crippen LogP contribution is 2.49. The highest BCUT2D eigenvalue weighted by atomic mass is 79.9. The maximum absolute atomic E-state index is 13.0. The molecule has 0 radical (unpaired) electrons. The molecule has 3 aliphatic rings. The number of carbonyl (C=O) groups excluding carboxylic acids is 1. The molecule has 1 aliphatic heterocycles. The molecule has 106 valence electrons. The largest absolute Gasteiger partial charge is 0.327 e. The second-order valence-electron chi connectivity index (χ2n) is 6.45. The topological polar surface area (TPSA) is 46.3 Å².